The van der Waals surface area contributed by atoms with Crippen LogP contribution in [0.5, 0.6) is 0 Å². The average Bonchev–Trinajstić information content (AvgIpc) is 2.45. The van der Waals surface area contributed by atoms with Crippen molar-refractivity contribution in [3.05, 3.63) is 0 Å². The van der Waals surface area contributed by atoms with Gasteiger partial charge in [0.2, 0.25) is 5.91 Å². The summed E-state index contributed by atoms with van der Waals surface area (Å²) in [6, 6.07) is -0.0496. The van der Waals surface area contributed by atoms with E-state index in [-0.39, 0.29) is 30.3 Å². The van der Waals surface area contributed by atoms with Crippen LogP contribution in [-0.2, 0) is 4.79 Å². The van der Waals surface area contributed by atoms with Gasteiger partial charge in [-0.3, -0.25) is 4.79 Å². The third-order valence-corrected chi connectivity index (χ3v) is 3.42. The van der Waals surface area contributed by atoms with Gasteiger partial charge in [-0.05, 0) is 25.8 Å². The fourth-order valence-electron chi connectivity index (χ4n) is 2.23. The molecule has 1 aliphatic rings. The highest BCUT2D eigenvalue weighted by molar-refractivity contribution is 5.85. The molecule has 1 fully saturated rings. The number of carbonyl (C=O) groups excluding carboxylic acids is 2. The normalized spacial score (nSPS) is 18.1. The predicted octanol–water partition coefficient (Wildman–Crippen LogP) is 0.821. The quantitative estimate of drug-likeness (QED) is 0.634. The van der Waals surface area contributed by atoms with Crippen LogP contribution in [0.1, 0.15) is 26.7 Å². The molecule has 0 aromatic rings. The first-order chi connectivity index (χ1) is 9.54. The van der Waals surface area contributed by atoms with Crippen LogP contribution in [0.2, 0.25) is 0 Å². The Kier molecular flexibility index (Phi) is 10.2. The van der Waals surface area contributed by atoms with Crippen LogP contribution in [0.15, 0.2) is 0 Å². The fourth-order valence-corrected chi connectivity index (χ4v) is 2.23. The lowest BCUT2D eigenvalue weighted by molar-refractivity contribution is -0.126. The number of rotatable bonds is 6. The van der Waals surface area contributed by atoms with Crippen LogP contribution in [0.25, 0.3) is 0 Å². The topological polar surface area (TPSA) is 73.5 Å². The first-order valence-electron chi connectivity index (χ1n) is 7.49. The zero-order valence-electron chi connectivity index (χ0n) is 13.3. The molecule has 0 spiro atoms. The van der Waals surface area contributed by atoms with Gasteiger partial charge in [-0.2, -0.15) is 0 Å². The molecule has 1 rings (SSSR count). The van der Waals surface area contributed by atoms with Gasteiger partial charge in [0.1, 0.15) is 0 Å². The molecule has 0 bridgehead atoms. The van der Waals surface area contributed by atoms with Gasteiger partial charge in [0, 0.05) is 32.7 Å². The highest BCUT2D eigenvalue weighted by Crippen LogP contribution is 2.16. The van der Waals surface area contributed by atoms with E-state index < -0.39 is 0 Å². The van der Waals surface area contributed by atoms with E-state index >= 15 is 0 Å². The summed E-state index contributed by atoms with van der Waals surface area (Å²) in [5, 5.41) is 8.80. The zero-order valence-corrected chi connectivity index (χ0v) is 14.1. The van der Waals surface area contributed by atoms with Gasteiger partial charge in [0.05, 0.1) is 5.92 Å². The lowest BCUT2D eigenvalue weighted by atomic mass is 9.97. The minimum absolute atomic E-state index is 0. The minimum atomic E-state index is -0.0783. The molecule has 0 radical (unpaired) electrons. The lowest BCUT2D eigenvalue weighted by Crippen LogP contribution is -2.49. The molecule has 3 amide bonds. The number of likely N-dealkylation sites (N-methyl/N-ethyl adjacent to an activating group) is 1. The second kappa shape index (κ2) is 10.7. The van der Waals surface area contributed by atoms with Crippen LogP contribution in [0.4, 0.5) is 4.79 Å². The summed E-state index contributed by atoms with van der Waals surface area (Å²) < 4.78 is 0. The molecule has 0 aromatic heterocycles. The number of piperidine rings is 1. The third kappa shape index (κ3) is 7.52. The Morgan fingerprint density at radius 2 is 1.95 bits per heavy atom. The summed E-state index contributed by atoms with van der Waals surface area (Å²) in [7, 11) is 1.85. The maximum absolute atomic E-state index is 12.0. The molecule has 124 valence electrons. The van der Waals surface area contributed by atoms with Crippen LogP contribution in [0.3, 0.4) is 0 Å². The maximum Gasteiger partial charge on any atom is 0.317 e. The molecule has 1 atom stereocenters. The van der Waals surface area contributed by atoms with Crippen molar-refractivity contribution in [2.24, 2.45) is 11.8 Å². The van der Waals surface area contributed by atoms with E-state index in [4.69, 9.17) is 0 Å². The Labute approximate surface area is 133 Å². The van der Waals surface area contributed by atoms with E-state index in [2.05, 4.69) is 29.8 Å². The molecule has 6 nitrogen and oxygen atoms in total. The van der Waals surface area contributed by atoms with Gasteiger partial charge in [0.15, 0.2) is 0 Å². The second-order valence-corrected chi connectivity index (χ2v) is 5.76. The Balaban J connectivity index is 0.00000400. The van der Waals surface area contributed by atoms with Crippen molar-refractivity contribution in [1.82, 2.24) is 20.9 Å². The van der Waals surface area contributed by atoms with Crippen molar-refractivity contribution in [3.63, 3.8) is 0 Å². The number of hydrogen-bond donors (Lipinski definition) is 3. The van der Waals surface area contributed by atoms with E-state index in [0.717, 1.165) is 25.9 Å². The Bertz CT molecular complexity index is 326. The van der Waals surface area contributed by atoms with Crippen molar-refractivity contribution in [3.8, 4) is 0 Å². The molecule has 7 heteroatoms. The van der Waals surface area contributed by atoms with Gasteiger partial charge in [-0.1, -0.05) is 13.8 Å². The fraction of sp³-hybridized carbons (Fsp3) is 0.857. The highest BCUT2D eigenvalue weighted by Gasteiger charge is 2.28. The molecular formula is C14H29ClN4O2. The summed E-state index contributed by atoms with van der Waals surface area (Å²) in [5.74, 6) is 0.413. The number of halogens is 1. The van der Waals surface area contributed by atoms with E-state index in [9.17, 15) is 9.59 Å². The van der Waals surface area contributed by atoms with Gasteiger partial charge in [-0.25, -0.2) is 4.79 Å². The SMILES string of the molecule is CNCCNC(=O)C1CCCN(C(=O)NCC(C)C)C1.Cl. The number of likely N-dealkylation sites (tertiary alicyclic amines) is 1. The number of carbonyl (C=O) groups is 2. The standard InChI is InChI=1S/C14H28N4O2.ClH/c1-11(2)9-17-14(20)18-8-4-5-12(10-18)13(19)16-7-6-15-3;/h11-12,15H,4-10H2,1-3H3,(H,16,19)(H,17,20);1H. The molecule has 0 aliphatic carbocycles. The molecule has 0 saturated carbocycles. The minimum Gasteiger partial charge on any atom is -0.355 e. The summed E-state index contributed by atoms with van der Waals surface area (Å²) >= 11 is 0. The van der Waals surface area contributed by atoms with Crippen molar-refractivity contribution in [2.45, 2.75) is 26.7 Å². The molecule has 1 saturated heterocycles. The first-order valence-corrected chi connectivity index (χ1v) is 7.49. The van der Waals surface area contributed by atoms with E-state index in [1.807, 2.05) is 7.05 Å². The van der Waals surface area contributed by atoms with Crippen molar-refractivity contribution in [2.75, 3.05) is 39.8 Å². The third-order valence-electron chi connectivity index (χ3n) is 3.42. The van der Waals surface area contributed by atoms with E-state index in [1.54, 1.807) is 4.90 Å². The van der Waals surface area contributed by atoms with Gasteiger partial charge in [-0.15, -0.1) is 12.4 Å². The largest absolute Gasteiger partial charge is 0.355 e. The Morgan fingerprint density at radius 3 is 2.57 bits per heavy atom. The zero-order chi connectivity index (χ0) is 15.0. The summed E-state index contributed by atoms with van der Waals surface area (Å²) in [6.07, 6.45) is 1.75. The number of nitrogens with one attached hydrogen (secondary N) is 3. The highest BCUT2D eigenvalue weighted by atomic mass is 35.5. The number of amides is 3. The summed E-state index contributed by atoms with van der Waals surface area (Å²) in [4.78, 5) is 25.8. The molecule has 1 heterocycles. The Morgan fingerprint density at radius 1 is 1.24 bits per heavy atom. The number of hydrogen-bond acceptors (Lipinski definition) is 3. The maximum atomic E-state index is 12.0. The second-order valence-electron chi connectivity index (χ2n) is 5.76. The first kappa shape index (κ1) is 20.0. The number of urea groups is 1. The Hall–Kier alpha value is -1.01. The summed E-state index contributed by atoms with van der Waals surface area (Å²) in [5.41, 5.74) is 0. The lowest BCUT2D eigenvalue weighted by Gasteiger charge is -2.32. The van der Waals surface area contributed by atoms with Crippen molar-refractivity contribution < 1.29 is 9.59 Å². The summed E-state index contributed by atoms with van der Waals surface area (Å²) in [6.45, 7) is 7.46. The van der Waals surface area contributed by atoms with Crippen molar-refractivity contribution >= 4 is 24.3 Å². The van der Waals surface area contributed by atoms with Gasteiger partial charge >= 0.3 is 6.03 Å². The predicted molar refractivity (Wildman–Crippen MR) is 86.7 cm³/mol. The van der Waals surface area contributed by atoms with Crippen LogP contribution >= 0.6 is 12.4 Å². The van der Waals surface area contributed by atoms with Crippen molar-refractivity contribution in [1.29, 1.82) is 0 Å². The van der Waals surface area contributed by atoms with Crippen LogP contribution < -0.4 is 16.0 Å². The van der Waals surface area contributed by atoms with E-state index in [0.29, 0.717) is 25.6 Å². The number of nitrogens with zero attached hydrogens (tertiary/aromatic N) is 1. The van der Waals surface area contributed by atoms with Crippen LogP contribution in [-0.4, -0.2) is 56.6 Å². The molecule has 1 aliphatic heterocycles. The smallest absolute Gasteiger partial charge is 0.317 e. The molecule has 3 N–H and O–H groups in total. The molecule has 21 heavy (non-hydrogen) atoms. The molecule has 0 aromatic carbocycles. The molecular weight excluding hydrogens is 292 g/mol. The molecule has 1 unspecified atom stereocenters. The average molecular weight is 321 g/mol. The van der Waals surface area contributed by atoms with E-state index in [1.165, 1.54) is 0 Å². The van der Waals surface area contributed by atoms with Crippen LogP contribution in [0, 0.1) is 11.8 Å². The van der Waals surface area contributed by atoms with Gasteiger partial charge < -0.3 is 20.9 Å². The van der Waals surface area contributed by atoms with Gasteiger partial charge in [0.25, 0.3) is 0 Å². The monoisotopic (exact) mass is 320 g/mol.